The molecule has 140 valence electrons. The fourth-order valence-electron chi connectivity index (χ4n) is 1.71. The van der Waals surface area contributed by atoms with Gasteiger partial charge in [-0.2, -0.15) is 5.06 Å². The summed E-state index contributed by atoms with van der Waals surface area (Å²) in [4.78, 5) is 40.8. The lowest BCUT2D eigenvalue weighted by Gasteiger charge is -2.31. The average Bonchev–Trinajstić information content (AvgIpc) is 2.39. The van der Waals surface area contributed by atoms with E-state index < -0.39 is 17.3 Å². The molecule has 0 aliphatic carbocycles. The van der Waals surface area contributed by atoms with Crippen LogP contribution in [-0.2, 0) is 23.9 Å². The van der Waals surface area contributed by atoms with Crippen LogP contribution in [0.4, 0.5) is 4.79 Å². The maximum absolute atomic E-state index is 12.2. The van der Waals surface area contributed by atoms with Crippen LogP contribution in [0.1, 0.15) is 67.2 Å². The predicted octanol–water partition coefficient (Wildman–Crippen LogP) is 3.26. The fourth-order valence-corrected chi connectivity index (χ4v) is 1.71. The maximum atomic E-state index is 12.2. The Balaban J connectivity index is 4.56. The van der Waals surface area contributed by atoms with E-state index in [1.807, 2.05) is 0 Å². The molecule has 0 radical (unpaired) electrons. The number of Topliss-reactive ketones (excluding diaryl/α,β-unsaturated/α-hetero) is 1. The molecule has 0 aromatic carbocycles. The first-order valence-electron chi connectivity index (χ1n) is 8.12. The number of hydrogen-bond acceptors (Lipinski definition) is 6. The molecule has 1 amide bonds. The normalized spacial score (nSPS) is 11.8. The number of carbonyl (C=O) groups excluding carboxylic acids is 3. The minimum absolute atomic E-state index is 0.157. The van der Waals surface area contributed by atoms with Crippen LogP contribution in [0.15, 0.2) is 0 Å². The number of amides is 1. The fraction of sp³-hybridized carbons (Fsp3) is 0.824. The number of ketones is 1. The summed E-state index contributed by atoms with van der Waals surface area (Å²) in [6, 6.07) is 0. The van der Waals surface area contributed by atoms with E-state index in [2.05, 4.69) is 4.74 Å². The van der Waals surface area contributed by atoms with Crippen molar-refractivity contribution < 1.29 is 28.7 Å². The van der Waals surface area contributed by atoms with E-state index in [1.54, 1.807) is 41.5 Å². The number of carbonyl (C=O) groups is 3. The SMILES string of the molecule is COC(=O)CCCCC(=O)CN(OC(C)(C)C)C(=O)OC(C)(C)C. The third-order valence-corrected chi connectivity index (χ3v) is 2.62. The van der Waals surface area contributed by atoms with Gasteiger partial charge in [0.15, 0.2) is 5.78 Å². The molecule has 0 fully saturated rings. The van der Waals surface area contributed by atoms with Gasteiger partial charge in [0.05, 0.1) is 12.7 Å². The lowest BCUT2D eigenvalue weighted by Crippen LogP contribution is -2.44. The Kier molecular flexibility index (Phi) is 8.96. The predicted molar refractivity (Wildman–Crippen MR) is 89.3 cm³/mol. The van der Waals surface area contributed by atoms with Gasteiger partial charge in [-0.1, -0.05) is 0 Å². The Morgan fingerprint density at radius 2 is 1.42 bits per heavy atom. The molecular formula is C17H31NO6. The first-order chi connectivity index (χ1) is 10.8. The summed E-state index contributed by atoms with van der Waals surface area (Å²) in [5, 5.41) is 0.966. The summed E-state index contributed by atoms with van der Waals surface area (Å²) in [7, 11) is 1.33. The molecule has 24 heavy (non-hydrogen) atoms. The number of hydroxylamine groups is 2. The van der Waals surface area contributed by atoms with Crippen molar-refractivity contribution in [1.82, 2.24) is 5.06 Å². The van der Waals surface area contributed by atoms with Crippen molar-refractivity contribution in [3.63, 3.8) is 0 Å². The molecule has 0 N–H and O–H groups in total. The van der Waals surface area contributed by atoms with E-state index in [-0.39, 0.29) is 31.1 Å². The summed E-state index contributed by atoms with van der Waals surface area (Å²) in [6.45, 7) is 10.4. The van der Waals surface area contributed by atoms with Gasteiger partial charge < -0.3 is 9.47 Å². The van der Waals surface area contributed by atoms with E-state index in [0.717, 1.165) is 5.06 Å². The number of hydrogen-bond donors (Lipinski definition) is 0. The van der Waals surface area contributed by atoms with E-state index in [1.165, 1.54) is 7.11 Å². The van der Waals surface area contributed by atoms with Crippen LogP contribution in [0.5, 0.6) is 0 Å². The molecule has 0 spiro atoms. The zero-order chi connectivity index (χ0) is 19.0. The van der Waals surface area contributed by atoms with E-state index >= 15 is 0 Å². The number of methoxy groups -OCH3 is 1. The lowest BCUT2D eigenvalue weighted by atomic mass is 10.1. The van der Waals surface area contributed by atoms with E-state index in [4.69, 9.17) is 9.57 Å². The van der Waals surface area contributed by atoms with Crippen LogP contribution >= 0.6 is 0 Å². The molecule has 0 aromatic heterocycles. The molecule has 0 heterocycles. The Hall–Kier alpha value is -1.63. The van der Waals surface area contributed by atoms with Gasteiger partial charge in [-0.25, -0.2) is 4.79 Å². The molecule has 7 nitrogen and oxygen atoms in total. The smallest absolute Gasteiger partial charge is 0.434 e. The zero-order valence-electron chi connectivity index (χ0n) is 15.9. The number of ether oxygens (including phenoxy) is 2. The van der Waals surface area contributed by atoms with Crippen LogP contribution < -0.4 is 0 Å². The van der Waals surface area contributed by atoms with E-state index in [0.29, 0.717) is 12.8 Å². The standard InChI is InChI=1S/C17H31NO6/c1-16(2,3)23-15(21)18(24-17(4,5)6)12-13(19)10-8-9-11-14(20)22-7/h8-12H2,1-7H3. The average molecular weight is 345 g/mol. The van der Waals surface area contributed by atoms with E-state index in [9.17, 15) is 14.4 Å². The Morgan fingerprint density at radius 3 is 1.88 bits per heavy atom. The van der Waals surface area contributed by atoms with Crippen LogP contribution in [-0.4, -0.2) is 47.8 Å². The number of rotatable bonds is 8. The molecule has 7 heteroatoms. The van der Waals surface area contributed by atoms with Gasteiger partial charge in [0.2, 0.25) is 0 Å². The third kappa shape index (κ3) is 11.9. The molecule has 0 saturated carbocycles. The second kappa shape index (κ2) is 9.61. The quantitative estimate of drug-likeness (QED) is 0.381. The largest absolute Gasteiger partial charge is 0.469 e. The zero-order valence-corrected chi connectivity index (χ0v) is 15.9. The Labute approximate surface area is 144 Å². The molecule has 0 unspecified atom stereocenters. The van der Waals surface area contributed by atoms with Crippen molar-refractivity contribution in [1.29, 1.82) is 0 Å². The van der Waals surface area contributed by atoms with Crippen molar-refractivity contribution in [2.45, 2.75) is 78.4 Å². The molecule has 0 aliphatic heterocycles. The van der Waals surface area contributed by atoms with Gasteiger partial charge in [0.1, 0.15) is 12.1 Å². The van der Waals surface area contributed by atoms with Crippen molar-refractivity contribution in [3.05, 3.63) is 0 Å². The molecule has 0 aliphatic rings. The minimum Gasteiger partial charge on any atom is -0.469 e. The van der Waals surface area contributed by atoms with Crippen molar-refractivity contribution in [3.8, 4) is 0 Å². The second-order valence-corrected chi connectivity index (χ2v) is 7.54. The highest BCUT2D eigenvalue weighted by Gasteiger charge is 2.28. The highest BCUT2D eigenvalue weighted by atomic mass is 16.7. The highest BCUT2D eigenvalue weighted by Crippen LogP contribution is 2.16. The third-order valence-electron chi connectivity index (χ3n) is 2.62. The van der Waals surface area contributed by atoms with Crippen molar-refractivity contribution >= 4 is 17.8 Å². The van der Waals surface area contributed by atoms with Crippen LogP contribution in [0, 0.1) is 0 Å². The summed E-state index contributed by atoms with van der Waals surface area (Å²) in [5.41, 5.74) is -1.32. The summed E-state index contributed by atoms with van der Waals surface area (Å²) in [5.74, 6) is -0.455. The molecule has 0 saturated heterocycles. The van der Waals surface area contributed by atoms with Crippen LogP contribution in [0.2, 0.25) is 0 Å². The van der Waals surface area contributed by atoms with Crippen LogP contribution in [0.3, 0.4) is 0 Å². The molecule has 0 rings (SSSR count). The first kappa shape index (κ1) is 22.4. The molecule has 0 aromatic rings. The Morgan fingerprint density at radius 1 is 0.875 bits per heavy atom. The maximum Gasteiger partial charge on any atom is 0.434 e. The second-order valence-electron chi connectivity index (χ2n) is 7.54. The molecule has 0 atom stereocenters. The topological polar surface area (TPSA) is 82.1 Å². The molecular weight excluding hydrogens is 314 g/mol. The van der Waals surface area contributed by atoms with Crippen molar-refractivity contribution in [2.24, 2.45) is 0 Å². The van der Waals surface area contributed by atoms with Crippen LogP contribution in [0.25, 0.3) is 0 Å². The summed E-state index contributed by atoms with van der Waals surface area (Å²) in [6.07, 6.45) is 0.943. The number of nitrogens with zero attached hydrogens (tertiary/aromatic N) is 1. The molecule has 0 bridgehead atoms. The van der Waals surface area contributed by atoms with Gasteiger partial charge >= 0.3 is 12.1 Å². The van der Waals surface area contributed by atoms with Gasteiger partial charge in [-0.3, -0.25) is 14.4 Å². The lowest BCUT2D eigenvalue weighted by molar-refractivity contribution is -0.210. The minimum atomic E-state index is -0.694. The summed E-state index contributed by atoms with van der Waals surface area (Å²) < 4.78 is 9.81. The first-order valence-corrected chi connectivity index (χ1v) is 8.12. The number of esters is 1. The van der Waals surface area contributed by atoms with Gasteiger partial charge in [0.25, 0.3) is 0 Å². The Bertz CT molecular complexity index is 433. The number of unbranched alkanes of at least 4 members (excludes halogenated alkanes) is 1. The van der Waals surface area contributed by atoms with Gasteiger partial charge in [-0.15, -0.1) is 0 Å². The van der Waals surface area contributed by atoms with Gasteiger partial charge in [-0.05, 0) is 54.4 Å². The highest BCUT2D eigenvalue weighted by molar-refractivity contribution is 5.83. The monoisotopic (exact) mass is 345 g/mol. The van der Waals surface area contributed by atoms with Crippen molar-refractivity contribution in [2.75, 3.05) is 13.7 Å². The van der Waals surface area contributed by atoms with Gasteiger partial charge in [0, 0.05) is 12.8 Å². The summed E-state index contributed by atoms with van der Waals surface area (Å²) >= 11 is 0.